The summed E-state index contributed by atoms with van der Waals surface area (Å²) in [5.74, 6) is 1.88. The third-order valence-electron chi connectivity index (χ3n) is 4.80. The largest absolute Gasteiger partial charge is 0.490 e. The van der Waals surface area contributed by atoms with E-state index in [0.717, 1.165) is 16.9 Å². The fraction of sp³-hybridized carbons (Fsp3) is 0.409. The molecule has 2 atom stereocenters. The van der Waals surface area contributed by atoms with Gasteiger partial charge in [0.25, 0.3) is 0 Å². The Hall–Kier alpha value is -2.38. The molecular formula is C22H27NO5S. The van der Waals surface area contributed by atoms with Gasteiger partial charge < -0.3 is 19.3 Å². The van der Waals surface area contributed by atoms with Gasteiger partial charge in [-0.3, -0.25) is 10.1 Å². The molecule has 156 valence electrons. The molecule has 0 amide bonds. The molecule has 29 heavy (non-hydrogen) atoms. The third-order valence-corrected chi connectivity index (χ3v) is 6.07. The van der Waals surface area contributed by atoms with E-state index in [4.69, 9.17) is 19.3 Å². The van der Waals surface area contributed by atoms with Gasteiger partial charge in [0.1, 0.15) is 25.0 Å². The van der Waals surface area contributed by atoms with Crippen molar-refractivity contribution in [1.82, 2.24) is 5.32 Å². The van der Waals surface area contributed by atoms with Crippen LogP contribution in [0.4, 0.5) is 0 Å². The summed E-state index contributed by atoms with van der Waals surface area (Å²) in [7, 11) is 0. The minimum absolute atomic E-state index is 0.0722. The zero-order valence-electron chi connectivity index (χ0n) is 16.9. The van der Waals surface area contributed by atoms with E-state index in [-0.39, 0.29) is 5.37 Å². The monoisotopic (exact) mass is 417 g/mol. The first kappa shape index (κ1) is 21.3. The lowest BCUT2D eigenvalue weighted by atomic mass is 10.1. The van der Waals surface area contributed by atoms with Crippen molar-refractivity contribution in [3.8, 4) is 17.2 Å². The van der Waals surface area contributed by atoms with E-state index in [0.29, 0.717) is 37.1 Å². The highest BCUT2D eigenvalue weighted by Crippen LogP contribution is 2.37. The van der Waals surface area contributed by atoms with Crippen LogP contribution in [0.15, 0.2) is 36.4 Å². The van der Waals surface area contributed by atoms with Crippen molar-refractivity contribution in [3.63, 3.8) is 0 Å². The molecule has 0 radical (unpaired) electrons. The molecule has 7 heteroatoms. The van der Waals surface area contributed by atoms with E-state index in [1.165, 1.54) is 5.56 Å². The van der Waals surface area contributed by atoms with Gasteiger partial charge in [-0.05, 0) is 55.7 Å². The molecule has 2 aromatic carbocycles. The molecule has 0 saturated carbocycles. The number of nitrogens with one attached hydrogen (secondary N) is 1. The first-order valence-electron chi connectivity index (χ1n) is 9.68. The number of aryl methyl sites for hydroxylation is 1. The molecule has 6 nitrogen and oxygen atoms in total. The van der Waals surface area contributed by atoms with Crippen molar-refractivity contribution in [3.05, 3.63) is 53.1 Å². The van der Waals surface area contributed by atoms with Crippen molar-refractivity contribution in [2.45, 2.75) is 32.2 Å². The van der Waals surface area contributed by atoms with Gasteiger partial charge in [0.15, 0.2) is 11.5 Å². The van der Waals surface area contributed by atoms with Gasteiger partial charge in [-0.25, -0.2) is 0 Å². The predicted molar refractivity (Wildman–Crippen MR) is 114 cm³/mol. The third kappa shape index (κ3) is 5.36. The highest BCUT2D eigenvalue weighted by Gasteiger charge is 2.30. The summed E-state index contributed by atoms with van der Waals surface area (Å²) in [5.41, 5.74) is 3.30. The minimum atomic E-state index is -0.825. The molecule has 0 spiro atoms. The SMILES string of the molecule is CCOc1cc(C2NC(C(=O)O)CS2)ccc1OCCOc1cccc(C)c1C. The maximum atomic E-state index is 11.2. The smallest absolute Gasteiger partial charge is 0.321 e. The van der Waals surface area contributed by atoms with Crippen LogP contribution in [0.25, 0.3) is 0 Å². The highest BCUT2D eigenvalue weighted by molar-refractivity contribution is 7.99. The minimum Gasteiger partial charge on any atom is -0.490 e. The standard InChI is InChI=1S/C22H27NO5S/c1-4-26-20-12-16(21-23-17(13-29-21)22(24)25)8-9-19(20)28-11-10-27-18-7-5-6-14(2)15(18)3/h5-9,12,17,21,23H,4,10-11,13H2,1-3H3,(H,24,25). The first-order chi connectivity index (χ1) is 14.0. The molecule has 0 aromatic heterocycles. The summed E-state index contributed by atoms with van der Waals surface area (Å²) in [4.78, 5) is 11.2. The Balaban J connectivity index is 1.60. The second-order valence-corrected chi connectivity index (χ2v) is 7.94. The zero-order valence-corrected chi connectivity index (χ0v) is 17.8. The quantitative estimate of drug-likeness (QED) is 0.598. The Bertz CT molecular complexity index is 857. The van der Waals surface area contributed by atoms with Crippen LogP contribution in [0.1, 0.15) is 29.0 Å². The van der Waals surface area contributed by atoms with E-state index >= 15 is 0 Å². The molecule has 1 fully saturated rings. The van der Waals surface area contributed by atoms with E-state index in [1.807, 2.05) is 44.2 Å². The van der Waals surface area contributed by atoms with Crippen LogP contribution in [-0.4, -0.2) is 42.7 Å². The summed E-state index contributed by atoms with van der Waals surface area (Å²) < 4.78 is 17.5. The van der Waals surface area contributed by atoms with Gasteiger partial charge in [0.2, 0.25) is 0 Å². The van der Waals surface area contributed by atoms with Crippen LogP contribution < -0.4 is 19.5 Å². The fourth-order valence-corrected chi connectivity index (χ4v) is 4.29. The molecule has 2 unspecified atom stereocenters. The summed E-state index contributed by atoms with van der Waals surface area (Å²) >= 11 is 1.58. The molecule has 1 aliphatic rings. The molecule has 0 aliphatic carbocycles. The Morgan fingerprint density at radius 1 is 1.10 bits per heavy atom. The van der Waals surface area contributed by atoms with Crippen LogP contribution >= 0.6 is 11.8 Å². The number of hydrogen-bond acceptors (Lipinski definition) is 6. The van der Waals surface area contributed by atoms with Crippen LogP contribution in [0.3, 0.4) is 0 Å². The normalized spacial score (nSPS) is 18.4. The molecule has 1 saturated heterocycles. The number of thioether (sulfide) groups is 1. The molecule has 2 aromatic rings. The van der Waals surface area contributed by atoms with Crippen LogP contribution in [0.2, 0.25) is 0 Å². The van der Waals surface area contributed by atoms with E-state index in [9.17, 15) is 4.79 Å². The fourth-order valence-electron chi connectivity index (χ4n) is 3.07. The maximum Gasteiger partial charge on any atom is 0.321 e. The summed E-state index contributed by atoms with van der Waals surface area (Å²) in [6.07, 6.45) is 0. The van der Waals surface area contributed by atoms with E-state index in [2.05, 4.69) is 18.3 Å². The number of hydrogen-bond donors (Lipinski definition) is 2. The average molecular weight is 418 g/mol. The van der Waals surface area contributed by atoms with Gasteiger partial charge in [0, 0.05) is 5.75 Å². The molecule has 1 heterocycles. The molecular weight excluding hydrogens is 390 g/mol. The van der Waals surface area contributed by atoms with Gasteiger partial charge in [-0.2, -0.15) is 0 Å². The van der Waals surface area contributed by atoms with Gasteiger partial charge in [-0.1, -0.05) is 18.2 Å². The Labute approximate surface area is 175 Å². The number of carboxylic acids is 1. The lowest BCUT2D eigenvalue weighted by molar-refractivity contribution is -0.138. The van der Waals surface area contributed by atoms with Crippen molar-refractivity contribution >= 4 is 17.7 Å². The first-order valence-corrected chi connectivity index (χ1v) is 10.7. The van der Waals surface area contributed by atoms with Crippen molar-refractivity contribution in [1.29, 1.82) is 0 Å². The maximum absolute atomic E-state index is 11.2. The molecule has 1 aliphatic heterocycles. The lowest BCUT2D eigenvalue weighted by Gasteiger charge is -2.17. The number of ether oxygens (including phenoxy) is 3. The highest BCUT2D eigenvalue weighted by atomic mass is 32.2. The Morgan fingerprint density at radius 2 is 1.86 bits per heavy atom. The number of benzene rings is 2. The lowest BCUT2D eigenvalue weighted by Crippen LogP contribution is -2.33. The molecule has 2 N–H and O–H groups in total. The van der Waals surface area contributed by atoms with Gasteiger partial charge >= 0.3 is 5.97 Å². The second-order valence-electron chi connectivity index (χ2n) is 6.81. The van der Waals surface area contributed by atoms with Crippen molar-refractivity contribution in [2.24, 2.45) is 0 Å². The Kier molecular flexibility index (Phi) is 7.28. The predicted octanol–water partition coefficient (Wildman–Crippen LogP) is 3.95. The van der Waals surface area contributed by atoms with Crippen LogP contribution in [0, 0.1) is 13.8 Å². The number of carboxylic acid groups (broad SMARTS) is 1. The number of carbonyl (C=O) groups is 1. The van der Waals surface area contributed by atoms with Crippen molar-refractivity contribution in [2.75, 3.05) is 25.6 Å². The zero-order chi connectivity index (χ0) is 20.8. The van der Waals surface area contributed by atoms with Crippen LogP contribution in [-0.2, 0) is 4.79 Å². The number of rotatable bonds is 9. The van der Waals surface area contributed by atoms with Crippen molar-refractivity contribution < 1.29 is 24.1 Å². The van der Waals surface area contributed by atoms with Gasteiger partial charge in [-0.15, -0.1) is 11.8 Å². The van der Waals surface area contributed by atoms with E-state index in [1.54, 1.807) is 11.8 Å². The van der Waals surface area contributed by atoms with Gasteiger partial charge in [0.05, 0.1) is 12.0 Å². The summed E-state index contributed by atoms with van der Waals surface area (Å²) in [6, 6.07) is 11.2. The average Bonchev–Trinajstić information content (AvgIpc) is 3.20. The summed E-state index contributed by atoms with van der Waals surface area (Å²) in [6.45, 7) is 7.36. The molecule has 0 bridgehead atoms. The van der Waals surface area contributed by atoms with Crippen LogP contribution in [0.5, 0.6) is 17.2 Å². The number of aliphatic carboxylic acids is 1. The Morgan fingerprint density at radius 3 is 2.55 bits per heavy atom. The second kappa shape index (κ2) is 9.89. The van der Waals surface area contributed by atoms with E-state index < -0.39 is 12.0 Å². The summed E-state index contributed by atoms with van der Waals surface area (Å²) in [5, 5.41) is 12.2. The molecule has 3 rings (SSSR count). The topological polar surface area (TPSA) is 77.0 Å².